The van der Waals surface area contributed by atoms with Gasteiger partial charge in [-0.05, 0) is 58.4 Å². The maximum atomic E-state index is 13.2. The standard InChI is InChI=1S/C18H19BrN2O3S2/c1-20(2)26(23,24)17-12-13(8-9-14(17)19)18(22)21-10-5-11-25-16-7-4-3-6-15(16)21/h3-4,6-9,12H,5,10-11H2,1-2H3. The van der Waals surface area contributed by atoms with Gasteiger partial charge in [-0.25, -0.2) is 12.7 Å². The van der Waals surface area contributed by atoms with Gasteiger partial charge in [-0.1, -0.05) is 12.1 Å². The fourth-order valence-electron chi connectivity index (χ4n) is 2.72. The van der Waals surface area contributed by atoms with Gasteiger partial charge in [-0.15, -0.1) is 11.8 Å². The molecule has 0 saturated heterocycles. The lowest BCUT2D eigenvalue weighted by atomic mass is 10.1. The molecule has 1 aliphatic heterocycles. The minimum atomic E-state index is -3.65. The molecule has 5 nitrogen and oxygen atoms in total. The summed E-state index contributed by atoms with van der Waals surface area (Å²) in [5, 5.41) is 0. The molecule has 0 bridgehead atoms. The van der Waals surface area contributed by atoms with Crippen molar-refractivity contribution in [3.8, 4) is 0 Å². The number of hydrogen-bond donors (Lipinski definition) is 0. The number of fused-ring (bicyclic) bond motifs is 1. The number of halogens is 1. The van der Waals surface area contributed by atoms with Crippen LogP contribution in [0.25, 0.3) is 0 Å². The second-order valence-electron chi connectivity index (χ2n) is 6.06. The molecule has 1 aliphatic rings. The molecule has 0 fully saturated rings. The van der Waals surface area contributed by atoms with E-state index in [4.69, 9.17) is 0 Å². The number of nitrogens with zero attached hydrogens (tertiary/aromatic N) is 2. The smallest absolute Gasteiger partial charge is 0.258 e. The lowest BCUT2D eigenvalue weighted by molar-refractivity contribution is 0.0986. The minimum absolute atomic E-state index is 0.0887. The van der Waals surface area contributed by atoms with E-state index in [1.54, 1.807) is 28.8 Å². The summed E-state index contributed by atoms with van der Waals surface area (Å²) in [6.07, 6.45) is 0.879. The molecule has 138 valence electrons. The molecule has 8 heteroatoms. The molecule has 26 heavy (non-hydrogen) atoms. The Morgan fingerprint density at radius 3 is 2.65 bits per heavy atom. The first kappa shape index (κ1) is 19.4. The number of anilines is 1. The van der Waals surface area contributed by atoms with Gasteiger partial charge >= 0.3 is 0 Å². The van der Waals surface area contributed by atoms with Crippen LogP contribution in [0.3, 0.4) is 0 Å². The Morgan fingerprint density at radius 2 is 1.92 bits per heavy atom. The van der Waals surface area contributed by atoms with Crippen LogP contribution in [0.1, 0.15) is 16.8 Å². The van der Waals surface area contributed by atoms with Gasteiger partial charge in [0, 0.05) is 35.6 Å². The number of carbonyl (C=O) groups excluding carboxylic acids is 1. The van der Waals surface area contributed by atoms with Gasteiger partial charge in [0.2, 0.25) is 10.0 Å². The van der Waals surface area contributed by atoms with E-state index in [0.717, 1.165) is 27.1 Å². The molecule has 2 aromatic rings. The number of benzene rings is 2. The van der Waals surface area contributed by atoms with Crippen molar-refractivity contribution < 1.29 is 13.2 Å². The van der Waals surface area contributed by atoms with Crippen LogP contribution in [0, 0.1) is 0 Å². The Hall–Kier alpha value is -1.35. The Bertz CT molecular complexity index is 945. The quantitative estimate of drug-likeness (QED) is 0.706. The van der Waals surface area contributed by atoms with E-state index in [0.29, 0.717) is 16.6 Å². The van der Waals surface area contributed by atoms with Crippen molar-refractivity contribution in [1.82, 2.24) is 4.31 Å². The fraction of sp³-hybridized carbons (Fsp3) is 0.278. The summed E-state index contributed by atoms with van der Waals surface area (Å²) in [4.78, 5) is 16.1. The normalized spacial score (nSPS) is 14.8. The van der Waals surface area contributed by atoms with Crippen LogP contribution in [0.5, 0.6) is 0 Å². The van der Waals surface area contributed by atoms with Gasteiger partial charge in [0.05, 0.1) is 10.6 Å². The third kappa shape index (κ3) is 3.69. The number of rotatable bonds is 3. The van der Waals surface area contributed by atoms with Gasteiger partial charge in [0.25, 0.3) is 5.91 Å². The summed E-state index contributed by atoms with van der Waals surface area (Å²) >= 11 is 5.02. The van der Waals surface area contributed by atoms with Crippen molar-refractivity contribution in [2.45, 2.75) is 16.2 Å². The predicted molar refractivity (Wildman–Crippen MR) is 108 cm³/mol. The molecule has 0 radical (unpaired) electrons. The lowest BCUT2D eigenvalue weighted by Gasteiger charge is -2.23. The highest BCUT2D eigenvalue weighted by atomic mass is 79.9. The van der Waals surface area contributed by atoms with E-state index in [1.807, 2.05) is 24.3 Å². The second-order valence-corrected chi connectivity index (χ2v) is 10.2. The third-order valence-corrected chi connectivity index (χ3v) is 8.08. The fourth-order valence-corrected chi connectivity index (χ4v) is 5.56. The van der Waals surface area contributed by atoms with Gasteiger partial charge < -0.3 is 4.90 Å². The summed E-state index contributed by atoms with van der Waals surface area (Å²) in [5.41, 5.74) is 1.23. The topological polar surface area (TPSA) is 57.7 Å². The van der Waals surface area contributed by atoms with Crippen molar-refractivity contribution in [1.29, 1.82) is 0 Å². The van der Waals surface area contributed by atoms with Crippen LogP contribution in [0.4, 0.5) is 5.69 Å². The molecular weight excluding hydrogens is 436 g/mol. The van der Waals surface area contributed by atoms with E-state index >= 15 is 0 Å². The van der Waals surface area contributed by atoms with Gasteiger partial charge in [0.15, 0.2) is 0 Å². The SMILES string of the molecule is CN(C)S(=O)(=O)c1cc(C(=O)N2CCCSc3ccccc32)ccc1Br. The number of sulfonamides is 1. The number of para-hydroxylation sites is 1. The summed E-state index contributed by atoms with van der Waals surface area (Å²) in [5.74, 6) is 0.754. The van der Waals surface area contributed by atoms with Crippen LogP contribution >= 0.6 is 27.7 Å². The van der Waals surface area contributed by atoms with Crippen molar-refractivity contribution in [3.63, 3.8) is 0 Å². The number of hydrogen-bond acceptors (Lipinski definition) is 4. The molecule has 0 unspecified atom stereocenters. The second kappa shape index (κ2) is 7.72. The highest BCUT2D eigenvalue weighted by Gasteiger charge is 2.26. The predicted octanol–water partition coefficient (Wildman–Crippen LogP) is 3.84. The molecule has 2 aromatic carbocycles. The van der Waals surface area contributed by atoms with E-state index in [2.05, 4.69) is 15.9 Å². The number of amides is 1. The van der Waals surface area contributed by atoms with E-state index in [9.17, 15) is 13.2 Å². The third-order valence-electron chi connectivity index (χ3n) is 4.12. The number of thioether (sulfide) groups is 1. The van der Waals surface area contributed by atoms with Gasteiger partial charge in [0.1, 0.15) is 0 Å². The minimum Gasteiger partial charge on any atom is -0.307 e. The molecule has 0 aliphatic carbocycles. The maximum absolute atomic E-state index is 13.2. The van der Waals surface area contributed by atoms with Crippen LogP contribution in [-0.4, -0.2) is 45.0 Å². The first-order chi connectivity index (χ1) is 12.3. The number of carbonyl (C=O) groups is 1. The lowest BCUT2D eigenvalue weighted by Crippen LogP contribution is -2.32. The Balaban J connectivity index is 2.04. The van der Waals surface area contributed by atoms with Crippen molar-refractivity contribution >= 4 is 49.3 Å². The summed E-state index contributed by atoms with van der Waals surface area (Å²) in [7, 11) is -0.709. The van der Waals surface area contributed by atoms with Gasteiger partial charge in [-0.2, -0.15) is 0 Å². The zero-order valence-corrected chi connectivity index (χ0v) is 17.7. The van der Waals surface area contributed by atoms with E-state index in [-0.39, 0.29) is 10.8 Å². The molecule has 0 saturated carbocycles. The van der Waals surface area contributed by atoms with E-state index < -0.39 is 10.0 Å². The zero-order valence-electron chi connectivity index (χ0n) is 14.5. The average molecular weight is 455 g/mol. The van der Waals surface area contributed by atoms with Gasteiger partial charge in [-0.3, -0.25) is 4.79 Å². The Kier molecular flexibility index (Phi) is 5.76. The molecule has 3 rings (SSSR count). The monoisotopic (exact) mass is 454 g/mol. The summed E-state index contributed by atoms with van der Waals surface area (Å²) < 4.78 is 26.6. The molecule has 0 N–H and O–H groups in total. The van der Waals surface area contributed by atoms with Crippen LogP contribution < -0.4 is 4.90 Å². The molecule has 0 atom stereocenters. The Morgan fingerprint density at radius 1 is 1.19 bits per heavy atom. The largest absolute Gasteiger partial charge is 0.307 e. The maximum Gasteiger partial charge on any atom is 0.258 e. The van der Waals surface area contributed by atoms with Crippen LogP contribution in [0.2, 0.25) is 0 Å². The Labute approximate surface area is 166 Å². The molecular formula is C18H19BrN2O3S2. The summed E-state index contributed by atoms with van der Waals surface area (Å²) in [6, 6.07) is 12.5. The molecule has 1 amide bonds. The van der Waals surface area contributed by atoms with Crippen molar-refractivity contribution in [2.75, 3.05) is 31.3 Å². The first-order valence-corrected chi connectivity index (χ1v) is 11.3. The zero-order chi connectivity index (χ0) is 18.9. The highest BCUT2D eigenvalue weighted by molar-refractivity contribution is 9.10. The van der Waals surface area contributed by atoms with Crippen molar-refractivity contribution in [2.24, 2.45) is 0 Å². The van der Waals surface area contributed by atoms with Crippen molar-refractivity contribution in [3.05, 3.63) is 52.5 Å². The molecule has 1 heterocycles. The highest BCUT2D eigenvalue weighted by Crippen LogP contribution is 2.35. The van der Waals surface area contributed by atoms with E-state index in [1.165, 1.54) is 20.2 Å². The molecule has 0 aromatic heterocycles. The summed E-state index contributed by atoms with van der Waals surface area (Å²) in [6.45, 7) is 0.606. The van der Waals surface area contributed by atoms with Crippen LogP contribution in [-0.2, 0) is 10.0 Å². The van der Waals surface area contributed by atoms with Crippen LogP contribution in [0.15, 0.2) is 56.7 Å². The molecule has 0 spiro atoms. The first-order valence-electron chi connectivity index (χ1n) is 8.08. The average Bonchev–Trinajstić information content (AvgIpc) is 2.83.